The highest BCUT2D eigenvalue weighted by Gasteiger charge is 2.13. The summed E-state index contributed by atoms with van der Waals surface area (Å²) in [6, 6.07) is 21.7. The zero-order valence-corrected chi connectivity index (χ0v) is 20.1. The zero-order chi connectivity index (χ0) is 24.6. The molecular formula is C26H24N4O4S. The lowest BCUT2D eigenvalue weighted by atomic mass is 10.1. The van der Waals surface area contributed by atoms with Gasteiger partial charge in [-0.2, -0.15) is 0 Å². The minimum Gasteiger partial charge on any atom is -0.494 e. The SMILES string of the molecule is CCOc1ccc(-c2nnc(SCC(=O)Nc3ccc(C)c(NC(=O)c4ccccc4)c3)o2)cc1. The van der Waals surface area contributed by atoms with Gasteiger partial charge in [0.05, 0.1) is 12.4 Å². The lowest BCUT2D eigenvalue weighted by molar-refractivity contribution is -0.113. The summed E-state index contributed by atoms with van der Waals surface area (Å²) < 4.78 is 11.1. The summed E-state index contributed by atoms with van der Waals surface area (Å²) in [6.45, 7) is 4.40. The van der Waals surface area contributed by atoms with Crippen LogP contribution >= 0.6 is 11.8 Å². The number of rotatable bonds is 9. The second-order valence-electron chi connectivity index (χ2n) is 7.52. The predicted octanol–water partition coefficient (Wildman–Crippen LogP) is 5.43. The molecule has 4 rings (SSSR count). The average Bonchev–Trinajstić information content (AvgIpc) is 3.35. The van der Waals surface area contributed by atoms with E-state index in [1.165, 1.54) is 0 Å². The van der Waals surface area contributed by atoms with Crippen molar-refractivity contribution in [2.75, 3.05) is 23.0 Å². The van der Waals surface area contributed by atoms with E-state index >= 15 is 0 Å². The van der Waals surface area contributed by atoms with Crippen molar-refractivity contribution >= 4 is 35.0 Å². The highest BCUT2D eigenvalue weighted by molar-refractivity contribution is 7.99. The predicted molar refractivity (Wildman–Crippen MR) is 136 cm³/mol. The topological polar surface area (TPSA) is 106 Å². The molecular weight excluding hydrogens is 464 g/mol. The van der Waals surface area contributed by atoms with Gasteiger partial charge >= 0.3 is 0 Å². The van der Waals surface area contributed by atoms with Crippen molar-refractivity contribution in [2.45, 2.75) is 19.1 Å². The van der Waals surface area contributed by atoms with Crippen LogP contribution in [-0.2, 0) is 4.79 Å². The van der Waals surface area contributed by atoms with Crippen LogP contribution in [0.15, 0.2) is 82.4 Å². The number of nitrogens with one attached hydrogen (secondary N) is 2. The Labute approximate surface area is 207 Å². The van der Waals surface area contributed by atoms with Gasteiger partial charge in [-0.25, -0.2) is 0 Å². The summed E-state index contributed by atoms with van der Waals surface area (Å²) in [6.07, 6.45) is 0. The maximum absolute atomic E-state index is 12.5. The molecule has 0 fully saturated rings. The fraction of sp³-hybridized carbons (Fsp3) is 0.154. The van der Waals surface area contributed by atoms with E-state index in [9.17, 15) is 9.59 Å². The van der Waals surface area contributed by atoms with Gasteiger partial charge in [0, 0.05) is 22.5 Å². The van der Waals surface area contributed by atoms with Crippen LogP contribution in [0.1, 0.15) is 22.8 Å². The molecule has 0 aliphatic rings. The van der Waals surface area contributed by atoms with Gasteiger partial charge in [-0.05, 0) is 67.9 Å². The highest BCUT2D eigenvalue weighted by Crippen LogP contribution is 2.26. The van der Waals surface area contributed by atoms with Crippen molar-refractivity contribution in [2.24, 2.45) is 0 Å². The van der Waals surface area contributed by atoms with Crippen molar-refractivity contribution in [1.29, 1.82) is 0 Å². The molecule has 2 amide bonds. The summed E-state index contributed by atoms with van der Waals surface area (Å²) in [5.41, 5.74) is 3.41. The van der Waals surface area contributed by atoms with Crippen molar-refractivity contribution in [3.8, 4) is 17.2 Å². The van der Waals surface area contributed by atoms with Gasteiger partial charge in [-0.15, -0.1) is 10.2 Å². The molecule has 178 valence electrons. The molecule has 35 heavy (non-hydrogen) atoms. The van der Waals surface area contributed by atoms with Crippen molar-refractivity contribution < 1.29 is 18.7 Å². The van der Waals surface area contributed by atoms with Crippen LogP contribution in [0.5, 0.6) is 5.75 Å². The van der Waals surface area contributed by atoms with Crippen LogP contribution in [-0.4, -0.2) is 34.4 Å². The molecule has 4 aromatic rings. The smallest absolute Gasteiger partial charge is 0.277 e. The normalized spacial score (nSPS) is 10.6. The summed E-state index contributed by atoms with van der Waals surface area (Å²) >= 11 is 1.14. The number of nitrogens with zero attached hydrogens (tertiary/aromatic N) is 2. The molecule has 0 atom stereocenters. The van der Waals surface area contributed by atoms with Crippen LogP contribution in [0.3, 0.4) is 0 Å². The van der Waals surface area contributed by atoms with Crippen LogP contribution in [0, 0.1) is 6.92 Å². The minimum atomic E-state index is -0.236. The van der Waals surface area contributed by atoms with Crippen LogP contribution in [0.25, 0.3) is 11.5 Å². The Kier molecular flexibility index (Phi) is 7.79. The van der Waals surface area contributed by atoms with Gasteiger partial charge in [0.15, 0.2) is 0 Å². The van der Waals surface area contributed by atoms with E-state index in [1.807, 2.05) is 50.2 Å². The molecule has 3 aromatic carbocycles. The monoisotopic (exact) mass is 488 g/mol. The van der Waals surface area contributed by atoms with E-state index < -0.39 is 0 Å². The van der Waals surface area contributed by atoms with Gasteiger partial charge in [-0.3, -0.25) is 9.59 Å². The van der Waals surface area contributed by atoms with Gasteiger partial charge < -0.3 is 19.8 Å². The molecule has 0 spiro atoms. The number of thioether (sulfide) groups is 1. The number of aryl methyl sites for hydroxylation is 1. The lowest BCUT2D eigenvalue weighted by Gasteiger charge is -2.11. The Morgan fingerprint density at radius 1 is 0.971 bits per heavy atom. The molecule has 0 aliphatic heterocycles. The van der Waals surface area contributed by atoms with Crippen molar-refractivity contribution in [1.82, 2.24) is 10.2 Å². The number of carbonyl (C=O) groups is 2. The first-order valence-electron chi connectivity index (χ1n) is 11.0. The Hall–Kier alpha value is -4.11. The number of aromatic nitrogens is 2. The number of hydrogen-bond donors (Lipinski definition) is 2. The van der Waals surface area contributed by atoms with E-state index in [4.69, 9.17) is 9.15 Å². The second-order valence-corrected chi connectivity index (χ2v) is 8.44. The third kappa shape index (κ3) is 6.48. The summed E-state index contributed by atoms with van der Waals surface area (Å²) in [5, 5.41) is 14.1. The van der Waals surface area contributed by atoms with E-state index in [-0.39, 0.29) is 17.6 Å². The van der Waals surface area contributed by atoms with Crippen molar-refractivity contribution in [3.05, 3.63) is 83.9 Å². The molecule has 2 N–H and O–H groups in total. The quantitative estimate of drug-likeness (QED) is 0.303. The number of amides is 2. The summed E-state index contributed by atoms with van der Waals surface area (Å²) in [4.78, 5) is 25.0. The Morgan fingerprint density at radius 2 is 1.74 bits per heavy atom. The molecule has 8 nitrogen and oxygen atoms in total. The van der Waals surface area contributed by atoms with Crippen LogP contribution < -0.4 is 15.4 Å². The van der Waals surface area contributed by atoms with Crippen LogP contribution in [0.4, 0.5) is 11.4 Å². The maximum Gasteiger partial charge on any atom is 0.277 e. The third-order valence-corrected chi connectivity index (χ3v) is 5.77. The fourth-order valence-corrected chi connectivity index (χ4v) is 3.75. The van der Waals surface area contributed by atoms with E-state index in [0.717, 1.165) is 28.6 Å². The standard InChI is InChI=1S/C26H24N4O4S/c1-3-33-21-13-10-19(11-14-21)25-29-30-26(34-25)35-16-23(31)27-20-12-9-17(2)22(15-20)28-24(32)18-7-5-4-6-8-18/h4-15H,3,16H2,1-2H3,(H,27,31)(H,28,32). The Balaban J connectivity index is 1.33. The molecule has 0 bridgehead atoms. The third-order valence-electron chi connectivity index (χ3n) is 4.95. The number of ether oxygens (including phenoxy) is 1. The first-order valence-corrected chi connectivity index (χ1v) is 12.0. The molecule has 0 saturated heterocycles. The number of anilines is 2. The molecule has 0 saturated carbocycles. The van der Waals surface area contributed by atoms with Gasteiger partial charge in [-0.1, -0.05) is 36.0 Å². The van der Waals surface area contributed by atoms with E-state index in [2.05, 4.69) is 20.8 Å². The summed E-state index contributed by atoms with van der Waals surface area (Å²) in [7, 11) is 0. The molecule has 1 aromatic heterocycles. The molecule has 0 aliphatic carbocycles. The second kappa shape index (κ2) is 11.3. The fourth-order valence-electron chi connectivity index (χ4n) is 3.19. The Bertz CT molecular complexity index is 1310. The highest BCUT2D eigenvalue weighted by atomic mass is 32.2. The molecule has 1 heterocycles. The molecule has 0 unspecified atom stereocenters. The zero-order valence-electron chi connectivity index (χ0n) is 19.3. The number of carbonyl (C=O) groups excluding carboxylic acids is 2. The first kappa shape index (κ1) is 24.0. The largest absolute Gasteiger partial charge is 0.494 e. The summed E-state index contributed by atoms with van der Waals surface area (Å²) in [5.74, 6) is 0.770. The van der Waals surface area contributed by atoms with E-state index in [0.29, 0.717) is 34.7 Å². The van der Waals surface area contributed by atoms with Gasteiger partial charge in [0.2, 0.25) is 11.8 Å². The first-order chi connectivity index (χ1) is 17.0. The maximum atomic E-state index is 12.5. The Morgan fingerprint density at radius 3 is 2.49 bits per heavy atom. The van der Waals surface area contributed by atoms with E-state index in [1.54, 1.807) is 36.4 Å². The lowest BCUT2D eigenvalue weighted by Crippen LogP contribution is -2.15. The van der Waals surface area contributed by atoms with Crippen LogP contribution in [0.2, 0.25) is 0 Å². The van der Waals surface area contributed by atoms with Gasteiger partial charge in [0.1, 0.15) is 5.75 Å². The molecule has 9 heteroatoms. The molecule has 0 radical (unpaired) electrons. The van der Waals surface area contributed by atoms with Gasteiger partial charge in [0.25, 0.3) is 11.1 Å². The number of benzene rings is 3. The number of hydrogen-bond acceptors (Lipinski definition) is 7. The average molecular weight is 489 g/mol. The van der Waals surface area contributed by atoms with Crippen molar-refractivity contribution in [3.63, 3.8) is 0 Å². The minimum absolute atomic E-state index is 0.0878.